The number of benzene rings is 1. The summed E-state index contributed by atoms with van der Waals surface area (Å²) in [5.41, 5.74) is 1.09. The Labute approximate surface area is 151 Å². The molecule has 1 atom stereocenters. The Kier molecular flexibility index (Phi) is 7.12. The molecule has 25 heavy (non-hydrogen) atoms. The van der Waals surface area contributed by atoms with E-state index in [0.717, 1.165) is 24.4 Å². The molecule has 1 heterocycles. The molecule has 0 unspecified atom stereocenters. The van der Waals surface area contributed by atoms with Gasteiger partial charge in [-0.1, -0.05) is 45.9 Å². The molecule has 0 aromatic heterocycles. The Morgan fingerprint density at radius 3 is 2.44 bits per heavy atom. The molecule has 1 amide bonds. The molecule has 1 fully saturated rings. The molecule has 0 radical (unpaired) electrons. The van der Waals surface area contributed by atoms with Crippen molar-refractivity contribution in [1.82, 2.24) is 9.80 Å². The van der Waals surface area contributed by atoms with E-state index in [1.807, 2.05) is 31.2 Å². The Morgan fingerprint density at radius 2 is 1.84 bits per heavy atom. The minimum atomic E-state index is -0.240. The molecule has 140 valence electrons. The Morgan fingerprint density at radius 1 is 1.20 bits per heavy atom. The van der Waals surface area contributed by atoms with Crippen LogP contribution in [-0.2, 0) is 4.74 Å². The third-order valence-corrected chi connectivity index (χ3v) is 4.09. The van der Waals surface area contributed by atoms with Crippen molar-refractivity contribution in [2.75, 3.05) is 32.9 Å². The van der Waals surface area contributed by atoms with Gasteiger partial charge in [0.2, 0.25) is 0 Å². The van der Waals surface area contributed by atoms with E-state index in [0.29, 0.717) is 31.7 Å². The van der Waals surface area contributed by atoms with Gasteiger partial charge in [0.15, 0.2) is 6.10 Å². The molecular weight excluding hydrogens is 316 g/mol. The van der Waals surface area contributed by atoms with Crippen LogP contribution in [0.2, 0.25) is 0 Å². The maximum absolute atomic E-state index is 12.2. The van der Waals surface area contributed by atoms with Crippen molar-refractivity contribution in [2.45, 2.75) is 40.7 Å². The standard InChI is InChI=1S/C20H32N2O3/c1-15(2)10-21(11-16(3)4)14-22-12-18(25-20(22)23)13-24-19-9-7-6-8-17(19)5/h6-9,15-16,18H,10-14H2,1-5H3/t18-/m1/s1. The summed E-state index contributed by atoms with van der Waals surface area (Å²) < 4.78 is 11.3. The highest BCUT2D eigenvalue weighted by atomic mass is 16.6. The van der Waals surface area contributed by atoms with Gasteiger partial charge in [-0.05, 0) is 30.4 Å². The molecule has 0 bridgehead atoms. The van der Waals surface area contributed by atoms with Crippen LogP contribution in [0.25, 0.3) is 0 Å². The second kappa shape index (κ2) is 9.09. The molecule has 5 nitrogen and oxygen atoms in total. The number of nitrogens with zero attached hydrogens (tertiary/aromatic N) is 2. The van der Waals surface area contributed by atoms with Gasteiger partial charge in [0, 0.05) is 13.1 Å². The lowest BCUT2D eigenvalue weighted by Gasteiger charge is -2.29. The largest absolute Gasteiger partial charge is 0.489 e. The third-order valence-electron chi connectivity index (χ3n) is 4.09. The number of carbonyl (C=O) groups excluding carboxylic acids is 1. The van der Waals surface area contributed by atoms with Gasteiger partial charge in [-0.3, -0.25) is 9.80 Å². The van der Waals surface area contributed by atoms with Crippen LogP contribution in [0.3, 0.4) is 0 Å². The Hall–Kier alpha value is -1.75. The van der Waals surface area contributed by atoms with Crippen molar-refractivity contribution in [2.24, 2.45) is 11.8 Å². The molecule has 0 aliphatic carbocycles. The summed E-state index contributed by atoms with van der Waals surface area (Å²) in [5, 5.41) is 0. The lowest BCUT2D eigenvalue weighted by molar-refractivity contribution is 0.0975. The van der Waals surface area contributed by atoms with Crippen LogP contribution in [0.5, 0.6) is 5.75 Å². The van der Waals surface area contributed by atoms with E-state index in [4.69, 9.17) is 9.47 Å². The highest BCUT2D eigenvalue weighted by molar-refractivity contribution is 5.69. The SMILES string of the molecule is Cc1ccccc1OC[C@H]1CN(CN(CC(C)C)CC(C)C)C(=O)O1. The lowest BCUT2D eigenvalue weighted by Crippen LogP contribution is -2.42. The van der Waals surface area contributed by atoms with Gasteiger partial charge in [-0.15, -0.1) is 0 Å². The highest BCUT2D eigenvalue weighted by Crippen LogP contribution is 2.19. The summed E-state index contributed by atoms with van der Waals surface area (Å²) in [6.45, 7) is 14.4. The lowest BCUT2D eigenvalue weighted by atomic mass is 10.1. The number of aryl methyl sites for hydroxylation is 1. The zero-order valence-electron chi connectivity index (χ0n) is 16.2. The molecule has 0 N–H and O–H groups in total. The summed E-state index contributed by atoms with van der Waals surface area (Å²) in [7, 11) is 0. The average Bonchev–Trinajstić information content (AvgIpc) is 2.85. The van der Waals surface area contributed by atoms with Gasteiger partial charge in [-0.2, -0.15) is 0 Å². The molecular formula is C20H32N2O3. The van der Waals surface area contributed by atoms with Crippen LogP contribution >= 0.6 is 0 Å². The minimum absolute atomic E-state index is 0.216. The van der Waals surface area contributed by atoms with Crippen molar-refractivity contribution in [3.05, 3.63) is 29.8 Å². The molecule has 1 aliphatic heterocycles. The molecule has 0 saturated carbocycles. The monoisotopic (exact) mass is 348 g/mol. The van der Waals surface area contributed by atoms with Crippen molar-refractivity contribution in [3.63, 3.8) is 0 Å². The van der Waals surface area contributed by atoms with Crippen LogP contribution in [0.1, 0.15) is 33.3 Å². The second-order valence-electron chi connectivity index (χ2n) is 7.77. The fourth-order valence-corrected chi connectivity index (χ4v) is 3.14. The van der Waals surface area contributed by atoms with Gasteiger partial charge >= 0.3 is 6.09 Å². The predicted octanol–water partition coefficient (Wildman–Crippen LogP) is 3.77. The number of amides is 1. The molecule has 1 saturated heterocycles. The Bertz CT molecular complexity index is 550. The summed E-state index contributed by atoms with van der Waals surface area (Å²) >= 11 is 0. The van der Waals surface area contributed by atoms with E-state index >= 15 is 0 Å². The minimum Gasteiger partial charge on any atom is -0.489 e. The van der Waals surface area contributed by atoms with E-state index in [-0.39, 0.29) is 12.2 Å². The van der Waals surface area contributed by atoms with Crippen LogP contribution in [0, 0.1) is 18.8 Å². The number of para-hydroxylation sites is 1. The summed E-state index contributed by atoms with van der Waals surface area (Å²) in [6, 6.07) is 7.89. The van der Waals surface area contributed by atoms with Gasteiger partial charge < -0.3 is 9.47 Å². The molecule has 5 heteroatoms. The molecule has 1 aromatic carbocycles. The highest BCUT2D eigenvalue weighted by Gasteiger charge is 2.33. The normalized spacial score (nSPS) is 17.7. The van der Waals surface area contributed by atoms with E-state index in [9.17, 15) is 4.79 Å². The van der Waals surface area contributed by atoms with Crippen LogP contribution < -0.4 is 4.74 Å². The summed E-state index contributed by atoms with van der Waals surface area (Å²) in [5.74, 6) is 1.98. The van der Waals surface area contributed by atoms with E-state index < -0.39 is 0 Å². The second-order valence-corrected chi connectivity index (χ2v) is 7.77. The first-order valence-corrected chi connectivity index (χ1v) is 9.21. The third kappa shape index (κ3) is 6.24. The number of cyclic esters (lactones) is 1. The summed E-state index contributed by atoms with van der Waals surface area (Å²) in [6.07, 6.45) is -0.456. The van der Waals surface area contributed by atoms with E-state index in [1.165, 1.54) is 0 Å². The van der Waals surface area contributed by atoms with Crippen LogP contribution in [0.4, 0.5) is 4.79 Å². The smallest absolute Gasteiger partial charge is 0.411 e. The maximum Gasteiger partial charge on any atom is 0.411 e. The van der Waals surface area contributed by atoms with Gasteiger partial charge in [-0.25, -0.2) is 4.79 Å². The van der Waals surface area contributed by atoms with E-state index in [2.05, 4.69) is 32.6 Å². The predicted molar refractivity (Wildman–Crippen MR) is 99.8 cm³/mol. The number of carbonyl (C=O) groups is 1. The van der Waals surface area contributed by atoms with Gasteiger partial charge in [0.25, 0.3) is 0 Å². The zero-order valence-corrected chi connectivity index (χ0v) is 16.2. The number of hydrogen-bond donors (Lipinski definition) is 0. The first kappa shape index (κ1) is 19.6. The number of hydrogen-bond acceptors (Lipinski definition) is 4. The van der Waals surface area contributed by atoms with Crippen molar-refractivity contribution >= 4 is 6.09 Å². The first-order valence-electron chi connectivity index (χ1n) is 9.21. The maximum atomic E-state index is 12.2. The molecule has 2 rings (SSSR count). The number of rotatable bonds is 9. The van der Waals surface area contributed by atoms with Gasteiger partial charge in [0.05, 0.1) is 13.2 Å². The first-order chi connectivity index (χ1) is 11.8. The molecule has 1 aromatic rings. The van der Waals surface area contributed by atoms with Crippen LogP contribution in [-0.4, -0.2) is 54.9 Å². The Balaban J connectivity index is 1.87. The van der Waals surface area contributed by atoms with Crippen molar-refractivity contribution in [3.8, 4) is 5.75 Å². The average molecular weight is 348 g/mol. The fourth-order valence-electron chi connectivity index (χ4n) is 3.14. The van der Waals surface area contributed by atoms with Crippen LogP contribution in [0.15, 0.2) is 24.3 Å². The van der Waals surface area contributed by atoms with E-state index in [1.54, 1.807) is 4.90 Å². The fraction of sp³-hybridized carbons (Fsp3) is 0.650. The zero-order chi connectivity index (χ0) is 18.4. The van der Waals surface area contributed by atoms with Gasteiger partial charge in [0.1, 0.15) is 12.4 Å². The topological polar surface area (TPSA) is 42.0 Å². The quantitative estimate of drug-likeness (QED) is 0.681. The van der Waals surface area contributed by atoms with Crippen molar-refractivity contribution in [1.29, 1.82) is 0 Å². The van der Waals surface area contributed by atoms with Crippen molar-refractivity contribution < 1.29 is 14.3 Å². The molecule has 1 aliphatic rings. The molecule has 0 spiro atoms. The number of ether oxygens (including phenoxy) is 2. The summed E-state index contributed by atoms with van der Waals surface area (Å²) in [4.78, 5) is 16.3.